The van der Waals surface area contributed by atoms with Crippen molar-refractivity contribution in [3.63, 3.8) is 0 Å². The summed E-state index contributed by atoms with van der Waals surface area (Å²) in [6, 6.07) is 0. The van der Waals surface area contributed by atoms with Gasteiger partial charge in [-0.1, -0.05) is 31.9 Å². The number of aliphatic hydroxyl groups excluding tert-OH is 1. The third-order valence-electron chi connectivity index (χ3n) is 1.47. The molecule has 0 fully saturated rings. The molecule has 0 aliphatic carbocycles. The van der Waals surface area contributed by atoms with E-state index in [4.69, 9.17) is 10.2 Å². The fourth-order valence-electron chi connectivity index (χ4n) is 0.822. The molecule has 0 aromatic rings. The molecule has 0 amide bonds. The number of hydrogen-bond donors (Lipinski definition) is 2. The molecule has 3 nitrogen and oxygen atoms in total. The van der Waals surface area contributed by atoms with Gasteiger partial charge in [-0.05, 0) is 6.42 Å². The first kappa shape index (κ1) is 11.2. The van der Waals surface area contributed by atoms with Crippen molar-refractivity contribution in [3.05, 3.63) is 12.2 Å². The lowest BCUT2D eigenvalue weighted by atomic mass is 10.2. The van der Waals surface area contributed by atoms with Crippen LogP contribution >= 0.6 is 0 Å². The molecule has 0 aliphatic heterocycles. The van der Waals surface area contributed by atoms with Crippen LogP contribution in [0.4, 0.5) is 0 Å². The second kappa shape index (κ2) is 6.85. The van der Waals surface area contributed by atoms with E-state index >= 15 is 0 Å². The van der Waals surface area contributed by atoms with E-state index in [1.165, 1.54) is 0 Å². The molecule has 0 aliphatic rings. The Morgan fingerprint density at radius 2 is 2.25 bits per heavy atom. The van der Waals surface area contributed by atoms with Crippen LogP contribution in [0.25, 0.3) is 0 Å². The van der Waals surface area contributed by atoms with Gasteiger partial charge in [-0.2, -0.15) is 0 Å². The molecule has 0 aromatic carbocycles. The fraction of sp³-hybridized carbons (Fsp3) is 0.667. The van der Waals surface area contributed by atoms with E-state index in [1.807, 2.05) is 6.08 Å². The second-order valence-electron chi connectivity index (χ2n) is 2.74. The predicted octanol–water partition coefficient (Wildman–Crippen LogP) is 1.57. The smallest absolute Gasteiger partial charge is 0.306 e. The number of aliphatic hydroxyl groups is 1. The third kappa shape index (κ3) is 7.28. The molecule has 1 unspecified atom stereocenters. The van der Waals surface area contributed by atoms with Crippen LogP contribution in [0.2, 0.25) is 0 Å². The van der Waals surface area contributed by atoms with Crippen LogP contribution in [0.5, 0.6) is 0 Å². The normalized spacial score (nSPS) is 13.5. The van der Waals surface area contributed by atoms with Gasteiger partial charge >= 0.3 is 5.97 Å². The Balaban J connectivity index is 3.46. The quantitative estimate of drug-likeness (QED) is 0.472. The average Bonchev–Trinajstić information content (AvgIpc) is 1.97. The van der Waals surface area contributed by atoms with Gasteiger partial charge in [-0.15, -0.1) is 0 Å². The Bertz CT molecular complexity index is 152. The summed E-state index contributed by atoms with van der Waals surface area (Å²) in [5, 5.41) is 17.3. The summed E-state index contributed by atoms with van der Waals surface area (Å²) in [7, 11) is 0. The zero-order valence-electron chi connectivity index (χ0n) is 7.36. The van der Waals surface area contributed by atoms with Crippen molar-refractivity contribution in [2.45, 2.75) is 38.7 Å². The fourth-order valence-corrected chi connectivity index (χ4v) is 0.822. The third-order valence-corrected chi connectivity index (χ3v) is 1.47. The average molecular weight is 172 g/mol. The summed E-state index contributed by atoms with van der Waals surface area (Å²) in [4.78, 5) is 10.1. The first-order chi connectivity index (χ1) is 5.66. The highest BCUT2D eigenvalue weighted by Gasteiger charge is 2.03. The molecule has 0 saturated carbocycles. The molecular weight excluding hydrogens is 156 g/mol. The summed E-state index contributed by atoms with van der Waals surface area (Å²) in [6.45, 7) is 2.08. The molecule has 0 spiro atoms. The summed E-state index contributed by atoms with van der Waals surface area (Å²) in [5.41, 5.74) is 0. The van der Waals surface area contributed by atoms with E-state index in [0.29, 0.717) is 0 Å². The topological polar surface area (TPSA) is 57.5 Å². The minimum absolute atomic E-state index is 0.206. The van der Waals surface area contributed by atoms with Crippen molar-refractivity contribution in [3.8, 4) is 0 Å². The number of unbranched alkanes of at least 4 members (excludes halogenated alkanes) is 2. The van der Waals surface area contributed by atoms with Gasteiger partial charge in [0.15, 0.2) is 0 Å². The molecule has 0 radical (unpaired) electrons. The highest BCUT2D eigenvalue weighted by Crippen LogP contribution is 1.98. The Kier molecular flexibility index (Phi) is 6.38. The number of carboxylic acid groups (broad SMARTS) is 1. The Labute approximate surface area is 72.7 Å². The SMILES string of the molecule is CCCC/C=C\C(O)CC(=O)O. The number of carboxylic acids is 1. The number of allylic oxidation sites excluding steroid dienone is 1. The van der Waals surface area contributed by atoms with Gasteiger partial charge in [0.05, 0.1) is 12.5 Å². The molecule has 0 saturated heterocycles. The van der Waals surface area contributed by atoms with Gasteiger partial charge in [0.25, 0.3) is 0 Å². The van der Waals surface area contributed by atoms with Gasteiger partial charge in [-0.3, -0.25) is 4.79 Å². The minimum Gasteiger partial charge on any atom is -0.481 e. The zero-order chi connectivity index (χ0) is 9.40. The first-order valence-electron chi connectivity index (χ1n) is 4.23. The van der Waals surface area contributed by atoms with E-state index in [1.54, 1.807) is 6.08 Å². The molecule has 1 atom stereocenters. The van der Waals surface area contributed by atoms with Crippen molar-refractivity contribution in [1.82, 2.24) is 0 Å². The lowest BCUT2D eigenvalue weighted by Gasteiger charge is -1.99. The maximum atomic E-state index is 10.1. The number of hydrogen-bond acceptors (Lipinski definition) is 2. The standard InChI is InChI=1S/C9H16O3/c1-2-3-4-5-6-8(10)7-9(11)12/h5-6,8,10H,2-4,7H2,1H3,(H,11,12)/b6-5-. The molecule has 3 heteroatoms. The van der Waals surface area contributed by atoms with E-state index in [-0.39, 0.29) is 6.42 Å². The monoisotopic (exact) mass is 172 g/mol. The number of aliphatic carboxylic acids is 1. The highest BCUT2D eigenvalue weighted by molar-refractivity contribution is 5.67. The van der Waals surface area contributed by atoms with Crippen LogP contribution in [0.3, 0.4) is 0 Å². The molecule has 0 rings (SSSR count). The van der Waals surface area contributed by atoms with E-state index in [0.717, 1.165) is 19.3 Å². The first-order valence-corrected chi connectivity index (χ1v) is 4.23. The van der Waals surface area contributed by atoms with Crippen LogP contribution < -0.4 is 0 Å². The van der Waals surface area contributed by atoms with Crippen molar-refractivity contribution in [1.29, 1.82) is 0 Å². The summed E-state index contributed by atoms with van der Waals surface area (Å²) in [5.74, 6) is -0.970. The van der Waals surface area contributed by atoms with Crippen LogP contribution in [0.1, 0.15) is 32.6 Å². The second-order valence-corrected chi connectivity index (χ2v) is 2.74. The Morgan fingerprint density at radius 1 is 1.58 bits per heavy atom. The molecule has 12 heavy (non-hydrogen) atoms. The van der Waals surface area contributed by atoms with Crippen molar-refractivity contribution in [2.75, 3.05) is 0 Å². The minimum atomic E-state index is -0.970. The van der Waals surface area contributed by atoms with Gasteiger partial charge in [-0.25, -0.2) is 0 Å². The summed E-state index contributed by atoms with van der Waals surface area (Å²) >= 11 is 0. The van der Waals surface area contributed by atoms with Crippen LogP contribution in [-0.4, -0.2) is 22.3 Å². The number of carbonyl (C=O) groups is 1. The Hall–Kier alpha value is -0.830. The maximum absolute atomic E-state index is 10.1. The van der Waals surface area contributed by atoms with Crippen molar-refractivity contribution < 1.29 is 15.0 Å². The number of rotatable bonds is 6. The largest absolute Gasteiger partial charge is 0.481 e. The molecular formula is C9H16O3. The zero-order valence-corrected chi connectivity index (χ0v) is 7.36. The van der Waals surface area contributed by atoms with E-state index in [2.05, 4.69) is 6.92 Å². The van der Waals surface area contributed by atoms with Crippen LogP contribution in [-0.2, 0) is 4.79 Å². The lowest BCUT2D eigenvalue weighted by Crippen LogP contribution is -2.09. The van der Waals surface area contributed by atoms with Crippen LogP contribution in [0, 0.1) is 0 Å². The molecule has 0 bridgehead atoms. The summed E-state index contributed by atoms with van der Waals surface area (Å²) < 4.78 is 0. The molecule has 70 valence electrons. The van der Waals surface area contributed by atoms with Gasteiger partial charge in [0.2, 0.25) is 0 Å². The van der Waals surface area contributed by atoms with Crippen molar-refractivity contribution in [2.24, 2.45) is 0 Å². The van der Waals surface area contributed by atoms with E-state index in [9.17, 15) is 4.79 Å². The van der Waals surface area contributed by atoms with Crippen molar-refractivity contribution >= 4 is 5.97 Å². The molecule has 0 aromatic heterocycles. The predicted molar refractivity (Wildman–Crippen MR) is 46.9 cm³/mol. The van der Waals surface area contributed by atoms with E-state index < -0.39 is 12.1 Å². The maximum Gasteiger partial charge on any atom is 0.306 e. The van der Waals surface area contributed by atoms with Gasteiger partial charge in [0.1, 0.15) is 0 Å². The molecule has 2 N–H and O–H groups in total. The summed E-state index contributed by atoms with van der Waals surface area (Å²) in [6.07, 6.45) is 5.44. The van der Waals surface area contributed by atoms with Crippen LogP contribution in [0.15, 0.2) is 12.2 Å². The Morgan fingerprint density at radius 3 is 2.75 bits per heavy atom. The molecule has 0 heterocycles. The highest BCUT2D eigenvalue weighted by atomic mass is 16.4. The van der Waals surface area contributed by atoms with Gasteiger partial charge < -0.3 is 10.2 Å². The lowest BCUT2D eigenvalue weighted by molar-refractivity contribution is -0.138. The van der Waals surface area contributed by atoms with Gasteiger partial charge in [0, 0.05) is 0 Å².